The van der Waals surface area contributed by atoms with Gasteiger partial charge in [-0.2, -0.15) is 5.26 Å². The van der Waals surface area contributed by atoms with Crippen molar-refractivity contribution in [2.24, 2.45) is 0 Å². The fraction of sp³-hybridized carbons (Fsp3) is 0.143. The molecular formula is C21H16N4O2S. The molecule has 0 aliphatic heterocycles. The minimum Gasteiger partial charge on any atom is -0.469 e. The third kappa shape index (κ3) is 3.19. The van der Waals surface area contributed by atoms with E-state index in [2.05, 4.69) is 15.6 Å². The van der Waals surface area contributed by atoms with Crippen molar-refractivity contribution < 1.29 is 9.53 Å². The second-order valence-electron chi connectivity index (χ2n) is 6.06. The number of benzene rings is 2. The molecule has 2 aromatic heterocycles. The summed E-state index contributed by atoms with van der Waals surface area (Å²) in [5.74, 6) is 0.304. The molecule has 7 heteroatoms. The van der Waals surface area contributed by atoms with E-state index in [1.807, 2.05) is 42.5 Å². The molecule has 4 rings (SSSR count). The molecule has 0 radical (unpaired) electrons. The zero-order valence-electron chi connectivity index (χ0n) is 15.1. The predicted molar refractivity (Wildman–Crippen MR) is 108 cm³/mol. The van der Waals surface area contributed by atoms with Crippen LogP contribution < -0.4 is 0 Å². The molecule has 0 amide bonds. The van der Waals surface area contributed by atoms with Crippen molar-refractivity contribution in [3.8, 4) is 11.8 Å². The van der Waals surface area contributed by atoms with E-state index in [-0.39, 0.29) is 5.97 Å². The van der Waals surface area contributed by atoms with Gasteiger partial charge in [0, 0.05) is 22.7 Å². The van der Waals surface area contributed by atoms with Crippen LogP contribution in [0.1, 0.15) is 12.0 Å². The standard InChI is InChI=1S/C21H16N4O2S/c1-27-20(26)9-11-28-21-24-17-13-23-10-8-19(17)25(21)18-7-6-14(12-22)15-4-2-3-5-16(15)18/h2-8,10,13H,9,11H2,1H3. The molecular weight excluding hydrogens is 372 g/mol. The monoisotopic (exact) mass is 388 g/mol. The van der Waals surface area contributed by atoms with Gasteiger partial charge in [0.1, 0.15) is 5.52 Å². The van der Waals surface area contributed by atoms with Crippen LogP contribution in [0.15, 0.2) is 60.0 Å². The molecule has 0 fully saturated rings. The number of esters is 1. The zero-order chi connectivity index (χ0) is 19.5. The number of hydrogen-bond acceptors (Lipinski definition) is 6. The third-order valence-corrected chi connectivity index (χ3v) is 5.39. The van der Waals surface area contributed by atoms with Crippen molar-refractivity contribution in [1.29, 1.82) is 5.26 Å². The second-order valence-corrected chi connectivity index (χ2v) is 7.12. The van der Waals surface area contributed by atoms with Crippen LogP contribution in [0.2, 0.25) is 0 Å². The lowest BCUT2D eigenvalue weighted by atomic mass is 10.0. The van der Waals surface area contributed by atoms with Crippen molar-refractivity contribution in [3.63, 3.8) is 0 Å². The summed E-state index contributed by atoms with van der Waals surface area (Å²) in [4.78, 5) is 20.3. The molecule has 2 heterocycles. The number of ether oxygens (including phenoxy) is 1. The SMILES string of the molecule is COC(=O)CCSc1nc2cnccc2n1-c1ccc(C#N)c2ccccc12. The van der Waals surface area contributed by atoms with Crippen LogP contribution in [0, 0.1) is 11.3 Å². The Morgan fingerprint density at radius 2 is 2.04 bits per heavy atom. The summed E-state index contributed by atoms with van der Waals surface area (Å²) < 4.78 is 6.78. The average Bonchev–Trinajstić information content (AvgIpc) is 3.10. The van der Waals surface area contributed by atoms with Crippen LogP contribution in [-0.4, -0.2) is 33.4 Å². The van der Waals surface area contributed by atoms with Gasteiger partial charge in [0.05, 0.1) is 42.6 Å². The summed E-state index contributed by atoms with van der Waals surface area (Å²) in [7, 11) is 1.39. The topological polar surface area (TPSA) is 80.8 Å². The first-order chi connectivity index (χ1) is 13.7. The summed E-state index contributed by atoms with van der Waals surface area (Å²) >= 11 is 1.49. The number of carbonyl (C=O) groups excluding carboxylic acids is 1. The van der Waals surface area contributed by atoms with Gasteiger partial charge in [-0.3, -0.25) is 14.3 Å². The Balaban J connectivity index is 1.89. The highest BCUT2D eigenvalue weighted by molar-refractivity contribution is 7.99. The molecule has 0 aliphatic rings. The number of carbonyl (C=O) groups is 1. The summed E-state index contributed by atoms with van der Waals surface area (Å²) in [6.45, 7) is 0. The quantitative estimate of drug-likeness (QED) is 0.378. The highest BCUT2D eigenvalue weighted by Crippen LogP contribution is 2.33. The van der Waals surface area contributed by atoms with Crippen molar-refractivity contribution in [3.05, 3.63) is 60.4 Å². The highest BCUT2D eigenvalue weighted by atomic mass is 32.2. The number of rotatable bonds is 5. The maximum Gasteiger partial charge on any atom is 0.306 e. The van der Waals surface area contributed by atoms with Crippen molar-refractivity contribution >= 4 is 39.5 Å². The first-order valence-corrected chi connectivity index (χ1v) is 9.66. The molecule has 6 nitrogen and oxygen atoms in total. The lowest BCUT2D eigenvalue weighted by Crippen LogP contribution is -2.03. The molecule has 0 spiro atoms. The first kappa shape index (κ1) is 18.0. The van der Waals surface area contributed by atoms with Crippen LogP contribution in [0.3, 0.4) is 0 Å². The minimum absolute atomic E-state index is 0.249. The Kier molecular flexibility index (Phi) is 4.96. The van der Waals surface area contributed by atoms with Crippen molar-refractivity contribution in [2.75, 3.05) is 12.9 Å². The lowest BCUT2D eigenvalue weighted by Gasteiger charge is -2.13. The number of nitriles is 1. The van der Waals surface area contributed by atoms with E-state index in [9.17, 15) is 10.1 Å². The number of pyridine rings is 1. The molecule has 138 valence electrons. The Hall–Kier alpha value is -3.37. The predicted octanol–water partition coefficient (Wildman–Crippen LogP) is 4.10. The van der Waals surface area contributed by atoms with Crippen LogP contribution in [0.25, 0.3) is 27.5 Å². The van der Waals surface area contributed by atoms with Gasteiger partial charge >= 0.3 is 5.97 Å². The minimum atomic E-state index is -0.249. The average molecular weight is 388 g/mol. The van der Waals surface area contributed by atoms with Gasteiger partial charge in [-0.1, -0.05) is 36.0 Å². The second kappa shape index (κ2) is 7.71. The van der Waals surface area contributed by atoms with Gasteiger partial charge in [-0.05, 0) is 18.2 Å². The Morgan fingerprint density at radius 1 is 1.21 bits per heavy atom. The van der Waals surface area contributed by atoms with Crippen LogP contribution in [0.5, 0.6) is 0 Å². The van der Waals surface area contributed by atoms with Crippen molar-refractivity contribution in [2.45, 2.75) is 11.6 Å². The molecule has 0 atom stereocenters. The van der Waals surface area contributed by atoms with Crippen LogP contribution in [0.4, 0.5) is 0 Å². The van der Waals surface area contributed by atoms with Crippen LogP contribution in [-0.2, 0) is 9.53 Å². The van der Waals surface area contributed by atoms with Gasteiger partial charge < -0.3 is 4.74 Å². The van der Waals surface area contributed by atoms with E-state index in [0.29, 0.717) is 17.7 Å². The van der Waals surface area contributed by atoms with Gasteiger partial charge in [-0.25, -0.2) is 4.98 Å². The highest BCUT2D eigenvalue weighted by Gasteiger charge is 2.16. The number of imidazole rings is 1. The molecule has 28 heavy (non-hydrogen) atoms. The first-order valence-electron chi connectivity index (χ1n) is 8.67. The largest absolute Gasteiger partial charge is 0.469 e. The maximum absolute atomic E-state index is 11.5. The van der Waals surface area contributed by atoms with E-state index in [1.54, 1.807) is 12.4 Å². The summed E-state index contributed by atoms with van der Waals surface area (Å²) in [6.07, 6.45) is 3.76. The number of fused-ring (bicyclic) bond motifs is 2. The summed E-state index contributed by atoms with van der Waals surface area (Å²) in [6, 6.07) is 15.8. The van der Waals surface area contributed by atoms with Crippen molar-refractivity contribution in [1.82, 2.24) is 14.5 Å². The Bertz CT molecular complexity index is 1230. The number of thioether (sulfide) groups is 1. The summed E-state index contributed by atoms with van der Waals surface area (Å²) in [5.41, 5.74) is 3.26. The number of aromatic nitrogens is 3. The molecule has 0 N–H and O–H groups in total. The van der Waals surface area contributed by atoms with E-state index < -0.39 is 0 Å². The van der Waals surface area contributed by atoms with E-state index in [0.717, 1.165) is 32.6 Å². The fourth-order valence-electron chi connectivity index (χ4n) is 3.14. The normalized spacial score (nSPS) is 10.9. The Labute approximate surface area is 165 Å². The number of hydrogen-bond donors (Lipinski definition) is 0. The molecule has 4 aromatic rings. The number of nitrogens with zero attached hydrogens (tertiary/aromatic N) is 4. The van der Waals surface area contributed by atoms with E-state index in [1.165, 1.54) is 18.9 Å². The van der Waals surface area contributed by atoms with Gasteiger partial charge in [0.2, 0.25) is 0 Å². The molecule has 0 unspecified atom stereocenters. The zero-order valence-corrected chi connectivity index (χ0v) is 15.9. The number of methoxy groups -OCH3 is 1. The molecule has 0 saturated carbocycles. The molecule has 2 aromatic carbocycles. The summed E-state index contributed by atoms with van der Waals surface area (Å²) in [5, 5.41) is 12.1. The smallest absolute Gasteiger partial charge is 0.306 e. The lowest BCUT2D eigenvalue weighted by molar-refractivity contribution is -0.140. The Morgan fingerprint density at radius 3 is 2.82 bits per heavy atom. The maximum atomic E-state index is 11.5. The van der Waals surface area contributed by atoms with Gasteiger partial charge in [-0.15, -0.1) is 0 Å². The van der Waals surface area contributed by atoms with Gasteiger partial charge in [0.25, 0.3) is 0 Å². The van der Waals surface area contributed by atoms with E-state index in [4.69, 9.17) is 9.72 Å². The van der Waals surface area contributed by atoms with Crippen LogP contribution >= 0.6 is 11.8 Å². The molecule has 0 aliphatic carbocycles. The molecule has 0 bridgehead atoms. The molecule has 0 saturated heterocycles. The fourth-order valence-corrected chi connectivity index (χ4v) is 4.08. The van der Waals surface area contributed by atoms with E-state index >= 15 is 0 Å². The van der Waals surface area contributed by atoms with Gasteiger partial charge in [0.15, 0.2) is 5.16 Å². The third-order valence-electron chi connectivity index (χ3n) is 4.45.